The van der Waals surface area contributed by atoms with E-state index in [-0.39, 0.29) is 11.3 Å². The van der Waals surface area contributed by atoms with Crippen molar-refractivity contribution in [2.75, 3.05) is 41.4 Å². The minimum atomic E-state index is -0.702. The first kappa shape index (κ1) is 23.8. The summed E-state index contributed by atoms with van der Waals surface area (Å²) in [6.45, 7) is 1.16. The maximum Gasteiger partial charge on any atom is 0.295 e. The lowest BCUT2D eigenvalue weighted by molar-refractivity contribution is -0.139. The van der Waals surface area contributed by atoms with Crippen molar-refractivity contribution in [2.45, 2.75) is 12.5 Å². The summed E-state index contributed by atoms with van der Waals surface area (Å²) in [6.07, 6.45) is 0.695. The summed E-state index contributed by atoms with van der Waals surface area (Å²) in [6, 6.07) is 11.6. The van der Waals surface area contributed by atoms with Gasteiger partial charge in [-0.25, -0.2) is 0 Å². The molecule has 1 unspecified atom stereocenters. The smallest absolute Gasteiger partial charge is 0.295 e. The number of likely N-dealkylation sites (tertiary alicyclic amines) is 1. The van der Waals surface area contributed by atoms with Crippen LogP contribution in [0.3, 0.4) is 0 Å². The van der Waals surface area contributed by atoms with E-state index < -0.39 is 17.7 Å². The van der Waals surface area contributed by atoms with Crippen molar-refractivity contribution in [3.8, 4) is 11.5 Å². The molecule has 1 heterocycles. The van der Waals surface area contributed by atoms with E-state index in [1.54, 1.807) is 23.1 Å². The Kier molecular flexibility index (Phi) is 7.58. The third kappa shape index (κ3) is 4.81. The van der Waals surface area contributed by atoms with Crippen LogP contribution in [0.25, 0.3) is 5.76 Å². The molecule has 3 rings (SSSR count). The summed E-state index contributed by atoms with van der Waals surface area (Å²) in [5, 5.41) is 11.2. The highest BCUT2D eigenvalue weighted by atomic mass is 79.9. The number of rotatable bonds is 8. The maximum absolute atomic E-state index is 13.1. The molecule has 8 heteroatoms. The van der Waals surface area contributed by atoms with Crippen molar-refractivity contribution < 1.29 is 24.2 Å². The van der Waals surface area contributed by atoms with Crippen LogP contribution in [0.2, 0.25) is 0 Å². The molecule has 1 fully saturated rings. The SMILES string of the molecule is COc1ccc(/C(O)=C2\C(=O)C(=O)N(CCCN(C)C)C2c2cccc(Br)c2)cc1OC. The predicted octanol–water partition coefficient (Wildman–Crippen LogP) is 3.84. The van der Waals surface area contributed by atoms with Crippen molar-refractivity contribution in [2.24, 2.45) is 0 Å². The number of methoxy groups -OCH3 is 2. The van der Waals surface area contributed by atoms with Crippen molar-refractivity contribution in [1.29, 1.82) is 0 Å². The van der Waals surface area contributed by atoms with Gasteiger partial charge in [-0.2, -0.15) is 0 Å². The van der Waals surface area contributed by atoms with E-state index in [0.29, 0.717) is 30.0 Å². The number of Topliss-reactive ketones (excluding diaryl/α,β-unsaturated/α-hetero) is 1. The topological polar surface area (TPSA) is 79.3 Å². The number of ether oxygens (including phenoxy) is 2. The molecule has 0 radical (unpaired) electrons. The Balaban J connectivity index is 2.12. The second kappa shape index (κ2) is 10.2. The van der Waals surface area contributed by atoms with Crippen LogP contribution in [-0.4, -0.2) is 68.0 Å². The molecule has 2 aromatic rings. The Morgan fingerprint density at radius 3 is 2.44 bits per heavy atom. The molecule has 1 amide bonds. The highest BCUT2D eigenvalue weighted by Gasteiger charge is 2.45. The van der Waals surface area contributed by atoms with E-state index in [1.165, 1.54) is 14.2 Å². The zero-order valence-electron chi connectivity index (χ0n) is 18.6. The first-order valence-electron chi connectivity index (χ1n) is 10.2. The molecule has 1 saturated heterocycles. The summed E-state index contributed by atoms with van der Waals surface area (Å²) < 4.78 is 11.4. The third-order valence-corrected chi connectivity index (χ3v) is 5.86. The van der Waals surface area contributed by atoms with Crippen molar-refractivity contribution >= 4 is 33.4 Å². The number of halogens is 1. The quantitative estimate of drug-likeness (QED) is 0.335. The molecule has 0 bridgehead atoms. The van der Waals surface area contributed by atoms with E-state index >= 15 is 0 Å². The first-order valence-corrected chi connectivity index (χ1v) is 11.0. The number of nitrogens with zero attached hydrogens (tertiary/aromatic N) is 2. The molecular weight excluding hydrogens is 476 g/mol. The molecule has 1 atom stereocenters. The van der Waals surface area contributed by atoms with Crippen molar-refractivity contribution in [3.05, 3.63) is 63.6 Å². The minimum absolute atomic E-state index is 0.0603. The Bertz CT molecular complexity index is 1050. The molecule has 1 N–H and O–H groups in total. The standard InChI is InChI=1S/C24H27BrN2O5/c1-26(2)11-6-12-27-21(15-7-5-8-17(25)13-15)20(23(29)24(27)30)22(28)16-9-10-18(31-3)19(14-16)32-4/h5,7-10,13-14,21,28H,6,11-12H2,1-4H3/b22-20+. The molecule has 1 aliphatic rings. The summed E-state index contributed by atoms with van der Waals surface area (Å²) in [5.74, 6) is -0.653. The van der Waals surface area contributed by atoms with Gasteiger partial charge in [0.2, 0.25) is 0 Å². The molecule has 2 aromatic carbocycles. The van der Waals surface area contributed by atoms with Gasteiger partial charge in [0.05, 0.1) is 25.8 Å². The summed E-state index contributed by atoms with van der Waals surface area (Å²) in [7, 11) is 6.92. The largest absolute Gasteiger partial charge is 0.507 e. The van der Waals surface area contributed by atoms with Crippen LogP contribution in [0.15, 0.2) is 52.5 Å². The second-order valence-corrected chi connectivity index (χ2v) is 8.69. The van der Waals surface area contributed by atoms with Crippen LogP contribution in [-0.2, 0) is 9.59 Å². The van der Waals surface area contributed by atoms with E-state index in [9.17, 15) is 14.7 Å². The highest BCUT2D eigenvalue weighted by Crippen LogP contribution is 2.41. The average Bonchev–Trinajstić information content (AvgIpc) is 3.02. The minimum Gasteiger partial charge on any atom is -0.507 e. The fourth-order valence-corrected chi connectivity index (χ4v) is 4.25. The molecule has 7 nitrogen and oxygen atoms in total. The first-order chi connectivity index (χ1) is 15.3. The number of benzene rings is 2. The summed E-state index contributed by atoms with van der Waals surface area (Å²) in [5.41, 5.74) is 1.17. The molecule has 0 aromatic heterocycles. The van der Waals surface area contributed by atoms with E-state index in [0.717, 1.165) is 16.6 Å². The molecular formula is C24H27BrN2O5. The zero-order chi connectivity index (χ0) is 23.4. The predicted molar refractivity (Wildman–Crippen MR) is 126 cm³/mol. The Hall–Kier alpha value is -2.84. The van der Waals surface area contributed by atoms with E-state index in [1.807, 2.05) is 43.3 Å². The van der Waals surface area contributed by atoms with Crippen LogP contribution in [0.5, 0.6) is 11.5 Å². The van der Waals surface area contributed by atoms with Gasteiger partial charge in [0.1, 0.15) is 5.76 Å². The Morgan fingerprint density at radius 2 is 1.81 bits per heavy atom. The lowest BCUT2D eigenvalue weighted by Crippen LogP contribution is -2.32. The summed E-state index contributed by atoms with van der Waals surface area (Å²) in [4.78, 5) is 29.6. The molecule has 170 valence electrons. The lowest BCUT2D eigenvalue weighted by Gasteiger charge is -2.26. The Labute approximate surface area is 196 Å². The van der Waals surface area contributed by atoms with E-state index in [4.69, 9.17) is 9.47 Å². The second-order valence-electron chi connectivity index (χ2n) is 7.77. The molecule has 0 aliphatic carbocycles. The van der Waals surface area contributed by atoms with Gasteiger partial charge in [-0.15, -0.1) is 0 Å². The number of hydrogen-bond donors (Lipinski definition) is 1. The number of aliphatic hydroxyl groups excluding tert-OH is 1. The van der Waals surface area contributed by atoms with Gasteiger partial charge >= 0.3 is 0 Å². The monoisotopic (exact) mass is 502 g/mol. The van der Waals surface area contributed by atoms with Gasteiger partial charge in [-0.1, -0.05) is 28.1 Å². The molecule has 32 heavy (non-hydrogen) atoms. The van der Waals surface area contributed by atoms with Crippen LogP contribution < -0.4 is 9.47 Å². The van der Waals surface area contributed by atoms with Gasteiger partial charge in [0.25, 0.3) is 11.7 Å². The van der Waals surface area contributed by atoms with Crippen LogP contribution in [0, 0.1) is 0 Å². The average molecular weight is 503 g/mol. The number of carbonyl (C=O) groups excluding carboxylic acids is 2. The highest BCUT2D eigenvalue weighted by molar-refractivity contribution is 9.10. The normalized spacial score (nSPS) is 17.8. The number of carbonyl (C=O) groups is 2. The molecule has 0 saturated carbocycles. The molecule has 0 spiro atoms. The van der Waals surface area contributed by atoms with E-state index in [2.05, 4.69) is 15.9 Å². The van der Waals surface area contributed by atoms with Gasteiger partial charge in [-0.3, -0.25) is 9.59 Å². The van der Waals surface area contributed by atoms with Gasteiger partial charge in [0, 0.05) is 16.6 Å². The maximum atomic E-state index is 13.1. The number of amides is 1. The number of ketones is 1. The Morgan fingerprint density at radius 1 is 1.09 bits per heavy atom. The van der Waals surface area contributed by atoms with Crippen LogP contribution in [0.1, 0.15) is 23.6 Å². The van der Waals surface area contributed by atoms with Gasteiger partial charge < -0.3 is 24.4 Å². The van der Waals surface area contributed by atoms with Gasteiger partial charge in [-0.05, 0) is 63.0 Å². The third-order valence-electron chi connectivity index (χ3n) is 5.37. The fraction of sp³-hybridized carbons (Fsp3) is 0.333. The number of aliphatic hydroxyl groups is 1. The van der Waals surface area contributed by atoms with Crippen molar-refractivity contribution in [3.63, 3.8) is 0 Å². The number of hydrogen-bond acceptors (Lipinski definition) is 6. The van der Waals surface area contributed by atoms with Crippen molar-refractivity contribution in [1.82, 2.24) is 9.80 Å². The van der Waals surface area contributed by atoms with Gasteiger partial charge in [0.15, 0.2) is 11.5 Å². The fourth-order valence-electron chi connectivity index (χ4n) is 3.83. The zero-order valence-corrected chi connectivity index (χ0v) is 20.2. The molecule has 1 aliphatic heterocycles. The van der Waals surface area contributed by atoms with Crippen LogP contribution >= 0.6 is 15.9 Å². The lowest BCUT2D eigenvalue weighted by atomic mass is 9.95. The van der Waals surface area contributed by atoms with Crippen LogP contribution in [0.4, 0.5) is 0 Å². The summed E-state index contributed by atoms with van der Waals surface area (Å²) >= 11 is 3.46.